The number of nitrogens with zero attached hydrogens (tertiary/aromatic N) is 1. The van der Waals surface area contributed by atoms with Gasteiger partial charge in [0.25, 0.3) is 0 Å². The molecular formula is C13H17FNO3P. The maximum Gasteiger partial charge on any atom is 0.513 e. The Morgan fingerprint density at radius 2 is 2.16 bits per heavy atom. The van der Waals surface area contributed by atoms with Crippen molar-refractivity contribution >= 4 is 7.91 Å². The Balaban J connectivity index is 1.60. The van der Waals surface area contributed by atoms with E-state index < -0.39 is 7.91 Å². The molecule has 0 radical (unpaired) electrons. The van der Waals surface area contributed by atoms with Crippen molar-refractivity contribution in [3.8, 4) is 0 Å². The van der Waals surface area contributed by atoms with E-state index in [2.05, 4.69) is 21.6 Å². The summed E-state index contributed by atoms with van der Waals surface area (Å²) in [4.78, 5) is 2.30. The molecule has 4 nitrogen and oxygen atoms in total. The molecule has 0 amide bonds. The van der Waals surface area contributed by atoms with Gasteiger partial charge in [0.2, 0.25) is 0 Å². The molecule has 0 aromatic heterocycles. The van der Waals surface area contributed by atoms with Crippen molar-refractivity contribution in [2.24, 2.45) is 5.92 Å². The first-order chi connectivity index (χ1) is 9.12. The lowest BCUT2D eigenvalue weighted by atomic mass is 9.95. The molecule has 1 aromatic carbocycles. The van der Waals surface area contributed by atoms with Crippen LogP contribution in [0.15, 0.2) is 30.3 Å². The minimum absolute atomic E-state index is 0.107. The summed E-state index contributed by atoms with van der Waals surface area (Å²) in [5, 5.41) is 0. The van der Waals surface area contributed by atoms with Crippen LogP contribution in [0, 0.1) is 5.92 Å². The van der Waals surface area contributed by atoms with Crippen molar-refractivity contribution < 1.29 is 17.8 Å². The minimum Gasteiger partial charge on any atom is -0.299 e. The van der Waals surface area contributed by atoms with Gasteiger partial charge in [0.05, 0.1) is 12.7 Å². The number of hydrogen-bond donors (Lipinski definition) is 0. The predicted molar refractivity (Wildman–Crippen MR) is 69.4 cm³/mol. The second-order valence-electron chi connectivity index (χ2n) is 5.14. The molecule has 0 spiro atoms. The highest BCUT2D eigenvalue weighted by atomic mass is 31.2. The van der Waals surface area contributed by atoms with E-state index in [1.807, 2.05) is 18.2 Å². The summed E-state index contributed by atoms with van der Waals surface area (Å²) in [5.74, 6) is 0.107. The van der Waals surface area contributed by atoms with E-state index in [1.165, 1.54) is 5.56 Å². The fraction of sp³-hybridized carbons (Fsp3) is 0.538. The number of fused-ring (bicyclic) bond motifs is 1. The first-order valence-electron chi connectivity index (χ1n) is 6.51. The number of halogens is 1. The molecule has 3 rings (SSSR count). The zero-order valence-electron chi connectivity index (χ0n) is 10.6. The van der Waals surface area contributed by atoms with Gasteiger partial charge in [-0.25, -0.2) is 4.57 Å². The third kappa shape index (κ3) is 3.23. The fourth-order valence-corrected chi connectivity index (χ4v) is 3.78. The molecule has 104 valence electrons. The SMILES string of the molecule is O=P1(F)OC[C@@H]2CN(Cc3ccccc3)CC[C@@H]2O1. The summed E-state index contributed by atoms with van der Waals surface area (Å²) in [7, 11) is -4.28. The van der Waals surface area contributed by atoms with Crippen LogP contribution in [-0.4, -0.2) is 30.7 Å². The number of likely N-dealkylation sites (tertiary alicyclic amines) is 1. The molecule has 2 aliphatic heterocycles. The highest BCUT2D eigenvalue weighted by Gasteiger charge is 2.42. The van der Waals surface area contributed by atoms with Crippen LogP contribution in [0.4, 0.5) is 4.20 Å². The Hall–Kier alpha value is -0.740. The molecule has 1 unspecified atom stereocenters. The van der Waals surface area contributed by atoms with Gasteiger partial charge in [-0.1, -0.05) is 30.3 Å². The van der Waals surface area contributed by atoms with Crippen molar-refractivity contribution in [2.45, 2.75) is 19.1 Å². The second-order valence-corrected chi connectivity index (χ2v) is 6.47. The van der Waals surface area contributed by atoms with Gasteiger partial charge in [-0.3, -0.25) is 13.9 Å². The fourth-order valence-electron chi connectivity index (χ4n) is 2.75. The quantitative estimate of drug-likeness (QED) is 0.783. The van der Waals surface area contributed by atoms with Gasteiger partial charge >= 0.3 is 7.91 Å². The molecule has 2 heterocycles. The molecule has 2 saturated heterocycles. The Morgan fingerprint density at radius 1 is 1.37 bits per heavy atom. The van der Waals surface area contributed by atoms with Crippen LogP contribution in [0.2, 0.25) is 0 Å². The lowest BCUT2D eigenvalue weighted by molar-refractivity contribution is -0.0363. The van der Waals surface area contributed by atoms with Gasteiger partial charge < -0.3 is 0 Å². The monoisotopic (exact) mass is 285 g/mol. The summed E-state index contributed by atoms with van der Waals surface area (Å²) in [5.41, 5.74) is 1.26. The van der Waals surface area contributed by atoms with E-state index in [4.69, 9.17) is 4.52 Å². The van der Waals surface area contributed by atoms with E-state index in [1.54, 1.807) is 0 Å². The molecule has 3 atom stereocenters. The van der Waals surface area contributed by atoms with Crippen molar-refractivity contribution in [2.75, 3.05) is 19.7 Å². The summed E-state index contributed by atoms with van der Waals surface area (Å²) in [6.45, 7) is 2.68. The van der Waals surface area contributed by atoms with Crippen LogP contribution >= 0.6 is 7.91 Å². The number of benzene rings is 1. The zero-order valence-corrected chi connectivity index (χ0v) is 11.5. The Bertz CT molecular complexity index is 484. The molecule has 2 aliphatic rings. The van der Waals surface area contributed by atoms with Gasteiger partial charge in [-0.05, 0) is 12.0 Å². The van der Waals surface area contributed by atoms with Gasteiger partial charge in [0.15, 0.2) is 0 Å². The first kappa shape index (κ1) is 13.3. The third-order valence-electron chi connectivity index (χ3n) is 3.70. The minimum atomic E-state index is -4.28. The van der Waals surface area contributed by atoms with E-state index >= 15 is 0 Å². The van der Waals surface area contributed by atoms with Crippen molar-refractivity contribution in [1.82, 2.24) is 4.90 Å². The Labute approximate surface area is 112 Å². The molecule has 2 fully saturated rings. The first-order valence-corrected chi connectivity index (χ1v) is 7.95. The average molecular weight is 285 g/mol. The van der Waals surface area contributed by atoms with Gasteiger partial charge in [-0.2, -0.15) is 0 Å². The summed E-state index contributed by atoms with van der Waals surface area (Å²) in [6, 6.07) is 10.2. The number of rotatable bonds is 2. The van der Waals surface area contributed by atoms with Crippen LogP contribution in [-0.2, 0) is 20.2 Å². The maximum absolute atomic E-state index is 13.2. The highest BCUT2D eigenvalue weighted by Crippen LogP contribution is 2.56. The summed E-state index contributed by atoms with van der Waals surface area (Å²) < 4.78 is 33.9. The normalized spacial score (nSPS) is 35.8. The van der Waals surface area contributed by atoms with E-state index in [9.17, 15) is 8.76 Å². The third-order valence-corrected chi connectivity index (χ3v) is 4.68. The average Bonchev–Trinajstić information content (AvgIpc) is 2.39. The standard InChI is InChI=1S/C13H17FNO3P/c14-19(16)17-10-12-9-15(7-6-13(12)18-19)8-11-4-2-1-3-5-11/h1-5,12-13H,6-10H2/t12-,13-,19?/m0/s1. The van der Waals surface area contributed by atoms with E-state index in [-0.39, 0.29) is 18.6 Å². The second kappa shape index (κ2) is 5.33. The van der Waals surface area contributed by atoms with Crippen molar-refractivity contribution in [1.29, 1.82) is 0 Å². The molecule has 0 aliphatic carbocycles. The van der Waals surface area contributed by atoms with Crippen LogP contribution in [0.25, 0.3) is 0 Å². The smallest absolute Gasteiger partial charge is 0.299 e. The molecular weight excluding hydrogens is 268 g/mol. The lowest BCUT2D eigenvalue weighted by Gasteiger charge is -2.40. The van der Waals surface area contributed by atoms with Gasteiger partial charge in [-0.15, -0.1) is 4.20 Å². The van der Waals surface area contributed by atoms with Gasteiger partial charge in [0.1, 0.15) is 0 Å². The maximum atomic E-state index is 13.2. The zero-order chi connectivity index (χ0) is 13.3. The predicted octanol–water partition coefficient (Wildman–Crippen LogP) is 3.00. The largest absolute Gasteiger partial charge is 0.513 e. The van der Waals surface area contributed by atoms with Crippen LogP contribution in [0.1, 0.15) is 12.0 Å². The summed E-state index contributed by atoms with van der Waals surface area (Å²) in [6.07, 6.45) is 0.436. The van der Waals surface area contributed by atoms with E-state index in [0.717, 1.165) is 19.6 Å². The van der Waals surface area contributed by atoms with Gasteiger partial charge in [0, 0.05) is 25.6 Å². The molecule has 6 heteroatoms. The van der Waals surface area contributed by atoms with Crippen LogP contribution in [0.3, 0.4) is 0 Å². The van der Waals surface area contributed by atoms with Crippen LogP contribution < -0.4 is 0 Å². The van der Waals surface area contributed by atoms with E-state index in [0.29, 0.717) is 6.42 Å². The van der Waals surface area contributed by atoms with Crippen LogP contribution in [0.5, 0.6) is 0 Å². The Morgan fingerprint density at radius 3 is 2.95 bits per heavy atom. The Kier molecular flexibility index (Phi) is 3.72. The lowest BCUT2D eigenvalue weighted by Crippen LogP contribution is -2.46. The molecule has 1 aromatic rings. The highest BCUT2D eigenvalue weighted by molar-refractivity contribution is 7.48. The van der Waals surface area contributed by atoms with Crippen molar-refractivity contribution in [3.63, 3.8) is 0 Å². The molecule has 0 saturated carbocycles. The molecule has 0 bridgehead atoms. The molecule has 19 heavy (non-hydrogen) atoms. The summed E-state index contributed by atoms with van der Waals surface area (Å²) >= 11 is 0. The van der Waals surface area contributed by atoms with Crippen molar-refractivity contribution in [3.05, 3.63) is 35.9 Å². The topological polar surface area (TPSA) is 38.8 Å². The number of piperidine rings is 1. The molecule has 0 N–H and O–H groups in total. The number of hydrogen-bond acceptors (Lipinski definition) is 4.